The second-order valence-corrected chi connectivity index (χ2v) is 15.8. The lowest BCUT2D eigenvalue weighted by atomic mass is 9.49. The number of aliphatic hydroxyl groups is 2. The van der Waals surface area contributed by atoms with Crippen LogP contribution in [0.3, 0.4) is 0 Å². The van der Waals surface area contributed by atoms with Crippen LogP contribution in [0.15, 0.2) is 23.3 Å². The van der Waals surface area contributed by atoms with Gasteiger partial charge in [-0.3, -0.25) is 0 Å². The Morgan fingerprint density at radius 1 is 0.949 bits per heavy atom. The van der Waals surface area contributed by atoms with E-state index in [1.165, 1.54) is 49.7 Å². The maximum Gasteiger partial charge on any atom is 0.409 e. The van der Waals surface area contributed by atoms with E-state index in [0.29, 0.717) is 25.0 Å². The quantitative estimate of drug-likeness (QED) is 0.413. The summed E-state index contributed by atoms with van der Waals surface area (Å²) in [6.45, 7) is 8.19. The summed E-state index contributed by atoms with van der Waals surface area (Å²) in [7, 11) is 0. The maximum atomic E-state index is 13.5. The first-order valence-electron chi connectivity index (χ1n) is 16.3. The molecule has 0 aromatic carbocycles. The lowest BCUT2D eigenvalue weighted by Gasteiger charge is -2.58. The van der Waals surface area contributed by atoms with Crippen molar-refractivity contribution in [3.63, 3.8) is 0 Å². The fourth-order valence-corrected chi connectivity index (χ4v) is 12.0. The van der Waals surface area contributed by atoms with Gasteiger partial charge in [0.15, 0.2) is 0 Å². The molecule has 0 aromatic rings. The van der Waals surface area contributed by atoms with Gasteiger partial charge in [0.2, 0.25) is 0 Å². The van der Waals surface area contributed by atoms with E-state index in [0.717, 1.165) is 69.2 Å². The highest BCUT2D eigenvalue weighted by atomic mass is 16.6. The Morgan fingerprint density at radius 2 is 1.62 bits per heavy atom. The Bertz CT molecular complexity index is 1040. The van der Waals surface area contributed by atoms with Crippen LogP contribution in [0.2, 0.25) is 0 Å². The third-order valence-corrected chi connectivity index (χ3v) is 13.5. The molecule has 0 heterocycles. The van der Waals surface area contributed by atoms with Crippen molar-refractivity contribution in [1.29, 1.82) is 0 Å². The number of hydrogen-bond acceptors (Lipinski definition) is 4. The van der Waals surface area contributed by atoms with Gasteiger partial charge in [-0.1, -0.05) is 37.1 Å². The Morgan fingerprint density at radius 3 is 2.28 bits per heavy atom. The number of carbonyl (C=O) groups excluding carboxylic acids is 1. The summed E-state index contributed by atoms with van der Waals surface area (Å²) in [6.07, 6.45) is 18.8. The number of allylic oxidation sites excluding steroid dienone is 3. The molecule has 216 valence electrons. The molecule has 39 heavy (non-hydrogen) atoms. The zero-order valence-corrected chi connectivity index (χ0v) is 24.6. The average Bonchev–Trinajstić information content (AvgIpc) is 3.13. The minimum Gasteiger partial charge on any atom is -0.450 e. The molecule has 1 amide bonds. The molecular formula is C34H51NO4. The molecule has 8 aliphatic carbocycles. The summed E-state index contributed by atoms with van der Waals surface area (Å²) in [6, 6.07) is 0. The van der Waals surface area contributed by atoms with Crippen LogP contribution in [0.4, 0.5) is 4.79 Å². The van der Waals surface area contributed by atoms with E-state index >= 15 is 0 Å². The van der Waals surface area contributed by atoms with E-state index in [4.69, 9.17) is 4.74 Å². The highest BCUT2D eigenvalue weighted by Gasteiger charge is 2.63. The van der Waals surface area contributed by atoms with Crippen LogP contribution >= 0.6 is 0 Å². The predicted molar refractivity (Wildman–Crippen MR) is 152 cm³/mol. The molecule has 0 spiro atoms. The zero-order chi connectivity index (χ0) is 27.2. The van der Waals surface area contributed by atoms with Crippen LogP contribution in [0.1, 0.15) is 104 Å². The third kappa shape index (κ3) is 4.02. The molecule has 7 saturated carbocycles. The molecular weight excluding hydrogens is 486 g/mol. The molecule has 0 unspecified atom stereocenters. The van der Waals surface area contributed by atoms with Crippen molar-refractivity contribution in [3.05, 3.63) is 23.3 Å². The molecule has 6 atom stereocenters. The number of rotatable bonds is 5. The summed E-state index contributed by atoms with van der Waals surface area (Å²) in [4.78, 5) is 15.4. The van der Waals surface area contributed by atoms with E-state index in [9.17, 15) is 15.0 Å². The lowest BCUT2D eigenvalue weighted by molar-refractivity contribution is -0.114. The summed E-state index contributed by atoms with van der Waals surface area (Å²) < 4.78 is 5.65. The number of amides is 1. The van der Waals surface area contributed by atoms with E-state index < -0.39 is 5.60 Å². The van der Waals surface area contributed by atoms with Gasteiger partial charge in [-0.2, -0.15) is 0 Å². The van der Waals surface area contributed by atoms with Gasteiger partial charge in [0.05, 0.1) is 24.9 Å². The van der Waals surface area contributed by atoms with Crippen molar-refractivity contribution in [2.24, 2.45) is 45.8 Å². The highest BCUT2D eigenvalue weighted by Crippen LogP contribution is 2.66. The standard InChI is InChI=1S/C34H51NO4/c1-4-39-30(37)35(20-33-17-22-13-23(18-33)15-24(14-22)19-33)21-34(38)12-9-29-27-6-5-25-16-26(36)7-10-31(25,2)28(27)8-11-32(29,34)3/h5-6,22-24,26,28-29,36,38H,4,7-21H2,1-3H3/t22?,23?,24?,26-,28-,29-,31-,32-,33?,34+/m0/s1. The number of carbonyl (C=O) groups is 1. The second kappa shape index (κ2) is 9.08. The van der Waals surface area contributed by atoms with Crippen molar-refractivity contribution in [1.82, 2.24) is 4.90 Å². The van der Waals surface area contributed by atoms with Crippen LogP contribution in [-0.2, 0) is 4.74 Å². The molecule has 8 rings (SSSR count). The highest BCUT2D eigenvalue weighted by molar-refractivity contribution is 5.68. The average molecular weight is 538 g/mol. The number of nitrogens with zero attached hydrogens (tertiary/aromatic N) is 1. The fourth-order valence-electron chi connectivity index (χ4n) is 12.0. The lowest BCUT2D eigenvalue weighted by Crippen LogP contribution is -2.59. The second-order valence-electron chi connectivity index (χ2n) is 15.8. The van der Waals surface area contributed by atoms with Gasteiger partial charge in [0.1, 0.15) is 0 Å². The van der Waals surface area contributed by atoms with E-state index in [2.05, 4.69) is 26.0 Å². The van der Waals surface area contributed by atoms with E-state index in [1.807, 2.05) is 11.8 Å². The molecule has 0 saturated heterocycles. The van der Waals surface area contributed by atoms with Crippen LogP contribution in [0, 0.1) is 45.8 Å². The monoisotopic (exact) mass is 537 g/mol. The molecule has 7 fully saturated rings. The smallest absolute Gasteiger partial charge is 0.409 e. The summed E-state index contributed by atoms with van der Waals surface area (Å²) >= 11 is 0. The first kappa shape index (κ1) is 26.6. The van der Waals surface area contributed by atoms with Gasteiger partial charge in [0, 0.05) is 12.0 Å². The largest absolute Gasteiger partial charge is 0.450 e. The summed E-state index contributed by atoms with van der Waals surface area (Å²) in [5.41, 5.74) is 2.19. The van der Waals surface area contributed by atoms with Crippen molar-refractivity contribution >= 4 is 6.09 Å². The van der Waals surface area contributed by atoms with Crippen molar-refractivity contribution in [3.8, 4) is 0 Å². The normalized spacial score (nSPS) is 49.5. The van der Waals surface area contributed by atoms with Gasteiger partial charge in [-0.15, -0.1) is 0 Å². The fraction of sp³-hybridized carbons (Fsp3) is 0.853. The predicted octanol–water partition coefficient (Wildman–Crippen LogP) is 6.64. The molecule has 0 aliphatic heterocycles. The van der Waals surface area contributed by atoms with Crippen LogP contribution in [0.25, 0.3) is 0 Å². The Balaban J connectivity index is 1.15. The Labute approximate surface area is 235 Å². The van der Waals surface area contributed by atoms with Gasteiger partial charge < -0.3 is 19.8 Å². The Kier molecular flexibility index (Phi) is 6.19. The van der Waals surface area contributed by atoms with Crippen molar-refractivity contribution in [2.75, 3.05) is 19.7 Å². The Hall–Kier alpha value is -1.33. The first-order chi connectivity index (χ1) is 18.6. The van der Waals surface area contributed by atoms with Gasteiger partial charge in [0.25, 0.3) is 0 Å². The number of ether oxygens (including phenoxy) is 1. The SMILES string of the molecule is CCOC(=O)N(CC12CC3CC(CC(C3)C1)C2)C[C@]1(O)CC[C@H]2C3=CC=C4C[C@@H](O)CC[C@]4(C)[C@H]3CC[C@@]21C. The molecule has 0 aromatic heterocycles. The minimum atomic E-state index is -0.897. The zero-order valence-electron chi connectivity index (χ0n) is 24.6. The number of aliphatic hydroxyl groups excluding tert-OH is 1. The van der Waals surface area contributed by atoms with Crippen molar-refractivity contribution in [2.45, 2.75) is 116 Å². The number of fused-ring (bicyclic) bond motifs is 5. The van der Waals surface area contributed by atoms with Gasteiger partial charge in [-0.05, 0) is 131 Å². The van der Waals surface area contributed by atoms with Gasteiger partial charge >= 0.3 is 6.09 Å². The third-order valence-electron chi connectivity index (χ3n) is 13.5. The molecule has 0 radical (unpaired) electrons. The van der Waals surface area contributed by atoms with Gasteiger partial charge in [-0.25, -0.2) is 4.79 Å². The summed E-state index contributed by atoms with van der Waals surface area (Å²) in [5.74, 6) is 3.38. The molecule has 2 N–H and O–H groups in total. The summed E-state index contributed by atoms with van der Waals surface area (Å²) in [5, 5.41) is 22.9. The van der Waals surface area contributed by atoms with E-state index in [1.54, 1.807) is 0 Å². The van der Waals surface area contributed by atoms with Crippen LogP contribution in [-0.4, -0.2) is 52.6 Å². The van der Waals surface area contributed by atoms with Crippen molar-refractivity contribution < 1.29 is 19.7 Å². The number of hydrogen-bond donors (Lipinski definition) is 2. The van der Waals surface area contributed by atoms with Crippen LogP contribution < -0.4 is 0 Å². The first-order valence-corrected chi connectivity index (χ1v) is 16.3. The van der Waals surface area contributed by atoms with Crippen LogP contribution in [0.5, 0.6) is 0 Å². The topological polar surface area (TPSA) is 70.0 Å². The molecule has 5 nitrogen and oxygen atoms in total. The van der Waals surface area contributed by atoms with E-state index in [-0.39, 0.29) is 28.4 Å². The molecule has 8 aliphatic rings. The molecule has 5 heteroatoms. The maximum absolute atomic E-state index is 13.5. The molecule has 4 bridgehead atoms. The minimum absolute atomic E-state index is 0.140.